The third kappa shape index (κ3) is 3.92. The van der Waals surface area contributed by atoms with E-state index < -0.39 is 0 Å². The topological polar surface area (TPSA) is 69.8 Å². The van der Waals surface area contributed by atoms with Gasteiger partial charge in [0, 0.05) is 13.1 Å². The molecule has 0 radical (unpaired) electrons. The van der Waals surface area contributed by atoms with E-state index in [4.69, 9.17) is 9.47 Å². The van der Waals surface area contributed by atoms with Crippen LogP contribution in [0.15, 0.2) is 48.5 Å². The largest absolute Gasteiger partial charge is 0.486 e. The first kappa shape index (κ1) is 16.3. The second kappa shape index (κ2) is 7.38. The molecule has 0 amide bonds. The predicted molar refractivity (Wildman–Crippen MR) is 94.4 cm³/mol. The summed E-state index contributed by atoms with van der Waals surface area (Å²) in [7, 11) is 2.10. The maximum absolute atomic E-state index is 6.04. The van der Waals surface area contributed by atoms with Gasteiger partial charge in [0.2, 0.25) is 0 Å². The number of likely N-dealkylation sites (N-methyl/N-ethyl adjacent to an activating group) is 1. The summed E-state index contributed by atoms with van der Waals surface area (Å²) in [5.41, 5.74) is 14.3. The van der Waals surface area contributed by atoms with Crippen LogP contribution in [0.1, 0.15) is 17.3 Å². The van der Waals surface area contributed by atoms with Crippen molar-refractivity contribution in [1.29, 1.82) is 0 Å². The quantitative estimate of drug-likeness (QED) is 0.649. The smallest absolute Gasteiger partial charge is 0.161 e. The monoisotopic (exact) mass is 341 g/mol. The molecule has 7 nitrogen and oxygen atoms in total. The molecule has 0 saturated carbocycles. The van der Waals surface area contributed by atoms with Gasteiger partial charge in [-0.25, -0.2) is 10.9 Å². The lowest BCUT2D eigenvalue weighted by Gasteiger charge is -2.29. The van der Waals surface area contributed by atoms with E-state index in [0.29, 0.717) is 6.61 Å². The number of benzene rings is 2. The fourth-order valence-corrected chi connectivity index (χ4v) is 3.17. The van der Waals surface area contributed by atoms with Crippen LogP contribution in [0.2, 0.25) is 0 Å². The lowest BCUT2D eigenvalue weighted by molar-refractivity contribution is 0.0638. The summed E-state index contributed by atoms with van der Waals surface area (Å²) in [5, 5.41) is 0. The number of hydrogen-bond donors (Lipinski definition) is 4. The van der Waals surface area contributed by atoms with Crippen molar-refractivity contribution in [2.45, 2.75) is 18.8 Å². The van der Waals surface area contributed by atoms with Crippen molar-refractivity contribution >= 4 is 0 Å². The average molecular weight is 341 g/mol. The van der Waals surface area contributed by atoms with Gasteiger partial charge in [-0.05, 0) is 30.3 Å². The number of nitrogens with zero attached hydrogens (tertiary/aromatic N) is 1. The molecule has 25 heavy (non-hydrogen) atoms. The highest BCUT2D eigenvalue weighted by atomic mass is 16.6. The van der Waals surface area contributed by atoms with Crippen LogP contribution < -0.4 is 31.4 Å². The summed E-state index contributed by atoms with van der Waals surface area (Å²) in [5.74, 6) is 1.65. The van der Waals surface area contributed by atoms with E-state index in [1.54, 1.807) is 0 Å². The Morgan fingerprint density at radius 2 is 1.84 bits per heavy atom. The van der Waals surface area contributed by atoms with E-state index >= 15 is 0 Å². The van der Waals surface area contributed by atoms with Gasteiger partial charge in [-0.2, -0.15) is 11.1 Å². The van der Waals surface area contributed by atoms with Crippen LogP contribution in [0, 0.1) is 0 Å². The predicted octanol–water partition coefficient (Wildman–Crippen LogP) is 1.07. The van der Waals surface area contributed by atoms with Crippen molar-refractivity contribution in [2.75, 3.05) is 20.2 Å². The molecule has 2 aliphatic rings. The third-order valence-corrected chi connectivity index (χ3v) is 4.32. The van der Waals surface area contributed by atoms with E-state index in [2.05, 4.69) is 58.1 Å². The van der Waals surface area contributed by atoms with Crippen LogP contribution in [-0.4, -0.2) is 31.2 Å². The first-order chi connectivity index (χ1) is 12.3. The molecule has 0 aliphatic carbocycles. The van der Waals surface area contributed by atoms with Gasteiger partial charge in [0.05, 0.1) is 0 Å². The van der Waals surface area contributed by atoms with Gasteiger partial charge in [-0.1, -0.05) is 36.4 Å². The Morgan fingerprint density at radius 3 is 2.68 bits per heavy atom. The molecule has 132 valence electrons. The molecule has 0 aromatic heterocycles. The minimum atomic E-state index is 0.0367. The van der Waals surface area contributed by atoms with Crippen LogP contribution in [0.3, 0.4) is 0 Å². The van der Waals surface area contributed by atoms with Crippen molar-refractivity contribution in [3.05, 3.63) is 59.7 Å². The highest BCUT2D eigenvalue weighted by Crippen LogP contribution is 2.31. The number of ether oxygens (including phenoxy) is 2. The minimum Gasteiger partial charge on any atom is -0.486 e. The molecule has 4 N–H and O–H groups in total. The van der Waals surface area contributed by atoms with Crippen molar-refractivity contribution in [3.63, 3.8) is 0 Å². The maximum Gasteiger partial charge on any atom is 0.161 e. The molecule has 0 spiro atoms. The van der Waals surface area contributed by atoms with Crippen LogP contribution in [0.4, 0.5) is 0 Å². The molecule has 7 heteroatoms. The fourth-order valence-electron chi connectivity index (χ4n) is 3.17. The maximum atomic E-state index is 6.04. The van der Waals surface area contributed by atoms with Gasteiger partial charge < -0.3 is 9.47 Å². The molecular weight excluding hydrogens is 318 g/mol. The summed E-state index contributed by atoms with van der Waals surface area (Å²) < 4.78 is 11.8. The van der Waals surface area contributed by atoms with Crippen LogP contribution in [0.25, 0.3) is 0 Å². The SMILES string of the molecule is CN(Cc1cccc(C2NNNN2)c1)CC1COc2ccccc2O1. The third-order valence-electron chi connectivity index (χ3n) is 4.32. The zero-order valence-corrected chi connectivity index (χ0v) is 14.2. The van der Waals surface area contributed by atoms with Gasteiger partial charge in [-0.3, -0.25) is 4.90 Å². The Balaban J connectivity index is 1.35. The van der Waals surface area contributed by atoms with Gasteiger partial charge >= 0.3 is 0 Å². The molecule has 1 atom stereocenters. The lowest BCUT2D eigenvalue weighted by Crippen LogP contribution is -2.39. The highest BCUT2D eigenvalue weighted by Gasteiger charge is 2.22. The zero-order valence-electron chi connectivity index (χ0n) is 14.2. The summed E-state index contributed by atoms with van der Waals surface area (Å²) in [4.78, 5) is 2.26. The molecule has 2 aromatic rings. The van der Waals surface area contributed by atoms with Gasteiger partial charge in [0.15, 0.2) is 11.5 Å². The molecule has 2 aliphatic heterocycles. The van der Waals surface area contributed by atoms with Crippen LogP contribution in [0.5, 0.6) is 11.5 Å². The van der Waals surface area contributed by atoms with E-state index in [0.717, 1.165) is 24.6 Å². The summed E-state index contributed by atoms with van der Waals surface area (Å²) in [6.45, 7) is 2.24. The summed E-state index contributed by atoms with van der Waals surface area (Å²) in [6, 6.07) is 16.3. The Morgan fingerprint density at radius 1 is 1.04 bits per heavy atom. The first-order valence-electron chi connectivity index (χ1n) is 8.45. The molecular formula is C18H23N5O2. The Bertz CT molecular complexity index is 720. The molecule has 4 rings (SSSR count). The van der Waals surface area contributed by atoms with Crippen molar-refractivity contribution in [1.82, 2.24) is 26.8 Å². The minimum absolute atomic E-state index is 0.0367. The zero-order chi connectivity index (χ0) is 17.1. The van der Waals surface area contributed by atoms with Crippen LogP contribution >= 0.6 is 0 Å². The van der Waals surface area contributed by atoms with Crippen molar-refractivity contribution in [2.24, 2.45) is 0 Å². The fraction of sp³-hybridized carbons (Fsp3) is 0.333. The van der Waals surface area contributed by atoms with Gasteiger partial charge in [0.1, 0.15) is 18.9 Å². The van der Waals surface area contributed by atoms with Crippen LogP contribution in [-0.2, 0) is 6.54 Å². The second-order valence-corrected chi connectivity index (χ2v) is 6.41. The highest BCUT2D eigenvalue weighted by molar-refractivity contribution is 5.40. The van der Waals surface area contributed by atoms with E-state index in [1.807, 2.05) is 24.3 Å². The van der Waals surface area contributed by atoms with E-state index in [-0.39, 0.29) is 12.3 Å². The molecule has 0 bridgehead atoms. The number of fused-ring (bicyclic) bond motifs is 1. The number of rotatable bonds is 5. The Hall–Kier alpha value is -2.16. The van der Waals surface area contributed by atoms with Gasteiger partial charge in [-0.15, -0.1) is 0 Å². The molecule has 1 saturated heterocycles. The number of para-hydroxylation sites is 2. The Kier molecular flexibility index (Phi) is 4.82. The normalized spacial score (nSPS) is 20.2. The molecule has 1 unspecified atom stereocenters. The summed E-state index contributed by atoms with van der Waals surface area (Å²) >= 11 is 0. The van der Waals surface area contributed by atoms with Crippen molar-refractivity contribution < 1.29 is 9.47 Å². The van der Waals surface area contributed by atoms with Crippen molar-refractivity contribution in [3.8, 4) is 11.5 Å². The first-order valence-corrected chi connectivity index (χ1v) is 8.45. The summed E-state index contributed by atoms with van der Waals surface area (Å²) in [6.07, 6.45) is 0.0893. The number of hydrogen-bond acceptors (Lipinski definition) is 7. The number of nitrogens with one attached hydrogen (secondary N) is 4. The molecule has 1 fully saturated rings. The second-order valence-electron chi connectivity index (χ2n) is 6.41. The van der Waals surface area contributed by atoms with E-state index in [9.17, 15) is 0 Å². The standard InChI is InChI=1S/C18H23N5O2/c1-23(11-15-12-24-16-7-2-3-8-17(16)25-15)10-13-5-4-6-14(9-13)18-19-21-22-20-18/h2-9,15,18-22H,10-12H2,1H3. The van der Waals surface area contributed by atoms with Gasteiger partial charge in [0.25, 0.3) is 0 Å². The Labute approximate surface area is 147 Å². The average Bonchev–Trinajstić information content (AvgIpc) is 3.16. The lowest BCUT2D eigenvalue weighted by atomic mass is 10.1. The number of hydrazine groups is 3. The molecule has 2 aromatic carbocycles. The molecule has 2 heterocycles. The van der Waals surface area contributed by atoms with E-state index in [1.165, 1.54) is 11.1 Å².